The third kappa shape index (κ3) is 6.05. The van der Waals surface area contributed by atoms with Crippen molar-refractivity contribution in [2.24, 2.45) is 0 Å². The molecule has 2 amide bonds. The van der Waals surface area contributed by atoms with Gasteiger partial charge in [-0.15, -0.1) is 0 Å². The van der Waals surface area contributed by atoms with E-state index in [0.29, 0.717) is 17.8 Å². The molecule has 0 heterocycles. The van der Waals surface area contributed by atoms with Gasteiger partial charge in [-0.1, -0.05) is 42.5 Å². The van der Waals surface area contributed by atoms with Crippen LogP contribution in [-0.4, -0.2) is 24.4 Å². The minimum Gasteiger partial charge on any atom is -0.466 e. The van der Waals surface area contributed by atoms with Crippen molar-refractivity contribution in [1.29, 1.82) is 0 Å². The second-order valence-electron chi connectivity index (χ2n) is 5.57. The number of anilines is 1. The molecule has 2 N–H and O–H groups in total. The van der Waals surface area contributed by atoms with Crippen LogP contribution < -0.4 is 10.6 Å². The number of para-hydroxylation sites is 1. The van der Waals surface area contributed by atoms with E-state index in [1.165, 1.54) is 0 Å². The third-order valence-corrected chi connectivity index (χ3v) is 3.60. The molecule has 136 valence electrons. The summed E-state index contributed by atoms with van der Waals surface area (Å²) in [6, 6.07) is 16.3. The lowest BCUT2D eigenvalue weighted by atomic mass is 10.1. The molecular weight excluding hydrogens is 332 g/mol. The Labute approximate surface area is 152 Å². The first-order chi connectivity index (χ1) is 12.6. The molecule has 0 aliphatic carbocycles. The number of benzene rings is 2. The monoisotopic (exact) mass is 354 g/mol. The second kappa shape index (κ2) is 9.98. The number of carbonyl (C=O) groups excluding carboxylic acids is 3. The summed E-state index contributed by atoms with van der Waals surface area (Å²) >= 11 is 0. The van der Waals surface area contributed by atoms with E-state index in [0.717, 1.165) is 5.56 Å². The van der Waals surface area contributed by atoms with Crippen molar-refractivity contribution < 1.29 is 19.1 Å². The maximum absolute atomic E-state index is 12.4. The van der Waals surface area contributed by atoms with E-state index in [1.807, 2.05) is 30.3 Å². The maximum Gasteiger partial charge on any atom is 0.306 e. The Hall–Kier alpha value is -3.15. The molecule has 0 aliphatic rings. The molecule has 0 fully saturated rings. The minimum atomic E-state index is -0.420. The largest absolute Gasteiger partial charge is 0.466 e. The molecule has 2 aromatic carbocycles. The zero-order chi connectivity index (χ0) is 18.8. The zero-order valence-corrected chi connectivity index (χ0v) is 14.7. The number of hydrogen-bond acceptors (Lipinski definition) is 4. The van der Waals surface area contributed by atoms with Gasteiger partial charge in [0.2, 0.25) is 5.91 Å². The Morgan fingerprint density at radius 1 is 0.923 bits per heavy atom. The molecule has 2 rings (SSSR count). The smallest absolute Gasteiger partial charge is 0.306 e. The Balaban J connectivity index is 1.94. The Morgan fingerprint density at radius 3 is 2.35 bits per heavy atom. The van der Waals surface area contributed by atoms with Crippen molar-refractivity contribution in [2.75, 3.05) is 11.9 Å². The van der Waals surface area contributed by atoms with E-state index < -0.39 is 5.97 Å². The summed E-state index contributed by atoms with van der Waals surface area (Å²) in [6.45, 7) is 2.39. The fraction of sp³-hybridized carbons (Fsp3) is 0.250. The Bertz CT molecular complexity index is 759. The Kier molecular flexibility index (Phi) is 7.36. The van der Waals surface area contributed by atoms with Gasteiger partial charge in [0, 0.05) is 13.0 Å². The maximum atomic E-state index is 12.4. The lowest BCUT2D eigenvalue weighted by Gasteiger charge is -2.11. The number of ether oxygens (including phenoxy) is 1. The van der Waals surface area contributed by atoms with Gasteiger partial charge in [-0.3, -0.25) is 14.4 Å². The zero-order valence-electron chi connectivity index (χ0n) is 14.7. The van der Waals surface area contributed by atoms with Crippen LogP contribution in [0.4, 0.5) is 5.69 Å². The number of rotatable bonds is 8. The highest BCUT2D eigenvalue weighted by Crippen LogP contribution is 2.16. The normalized spacial score (nSPS) is 10.0. The standard InChI is InChI=1S/C20H22N2O4/c1-2-26-19(24)13-12-18(23)22-17-11-7-6-10-16(17)20(25)21-14-15-8-4-3-5-9-15/h3-11H,2,12-14H2,1H3,(H,21,25)(H,22,23). The van der Waals surface area contributed by atoms with Gasteiger partial charge in [0.1, 0.15) is 0 Å². The predicted octanol–water partition coefficient (Wildman–Crippen LogP) is 2.90. The summed E-state index contributed by atoms with van der Waals surface area (Å²) < 4.78 is 4.80. The second-order valence-corrected chi connectivity index (χ2v) is 5.57. The van der Waals surface area contributed by atoms with Crippen molar-refractivity contribution in [3.63, 3.8) is 0 Å². The summed E-state index contributed by atoms with van der Waals surface area (Å²) in [4.78, 5) is 35.8. The highest BCUT2D eigenvalue weighted by molar-refractivity contribution is 6.04. The van der Waals surface area contributed by atoms with Crippen LogP contribution in [0.15, 0.2) is 54.6 Å². The Morgan fingerprint density at radius 2 is 1.62 bits per heavy atom. The van der Waals surface area contributed by atoms with Crippen LogP contribution in [0.2, 0.25) is 0 Å². The van der Waals surface area contributed by atoms with Crippen LogP contribution >= 0.6 is 0 Å². The van der Waals surface area contributed by atoms with Crippen LogP contribution in [0.5, 0.6) is 0 Å². The molecule has 0 unspecified atom stereocenters. The molecule has 0 saturated heterocycles. The molecule has 0 aromatic heterocycles. The summed E-state index contributed by atoms with van der Waals surface area (Å²) in [5, 5.41) is 5.51. The van der Waals surface area contributed by atoms with Gasteiger partial charge >= 0.3 is 5.97 Å². The third-order valence-electron chi connectivity index (χ3n) is 3.60. The number of amides is 2. The van der Waals surface area contributed by atoms with Crippen LogP contribution in [-0.2, 0) is 20.9 Å². The molecular formula is C20H22N2O4. The van der Waals surface area contributed by atoms with Crippen molar-refractivity contribution in [2.45, 2.75) is 26.3 Å². The first kappa shape index (κ1) is 19.2. The molecule has 0 spiro atoms. The minimum absolute atomic E-state index is 0.00119. The lowest BCUT2D eigenvalue weighted by molar-refractivity contribution is -0.144. The summed E-state index contributed by atoms with van der Waals surface area (Å²) in [5.74, 6) is -1.05. The number of esters is 1. The first-order valence-electron chi connectivity index (χ1n) is 8.46. The van der Waals surface area contributed by atoms with Gasteiger partial charge in [0.05, 0.1) is 24.3 Å². The van der Waals surface area contributed by atoms with E-state index in [2.05, 4.69) is 10.6 Å². The van der Waals surface area contributed by atoms with Crippen LogP contribution in [0.3, 0.4) is 0 Å². The van der Waals surface area contributed by atoms with Gasteiger partial charge < -0.3 is 15.4 Å². The first-order valence-corrected chi connectivity index (χ1v) is 8.46. The van der Waals surface area contributed by atoms with Crippen molar-refractivity contribution in [1.82, 2.24) is 5.32 Å². The van der Waals surface area contributed by atoms with Gasteiger partial charge in [0.15, 0.2) is 0 Å². The highest BCUT2D eigenvalue weighted by atomic mass is 16.5. The van der Waals surface area contributed by atoms with Crippen molar-refractivity contribution >= 4 is 23.5 Å². The van der Waals surface area contributed by atoms with Crippen LogP contribution in [0, 0.1) is 0 Å². The molecule has 0 radical (unpaired) electrons. The predicted molar refractivity (Wildman–Crippen MR) is 98.6 cm³/mol. The number of carbonyl (C=O) groups is 3. The average molecular weight is 354 g/mol. The van der Waals surface area contributed by atoms with Crippen LogP contribution in [0.1, 0.15) is 35.7 Å². The quantitative estimate of drug-likeness (QED) is 0.714. The molecule has 6 heteroatoms. The van der Waals surface area contributed by atoms with Crippen molar-refractivity contribution in [3.05, 3.63) is 65.7 Å². The van der Waals surface area contributed by atoms with Gasteiger partial charge in [0.25, 0.3) is 5.91 Å². The fourth-order valence-corrected chi connectivity index (χ4v) is 2.33. The van der Waals surface area contributed by atoms with E-state index in [1.54, 1.807) is 31.2 Å². The molecule has 0 aliphatic heterocycles. The fourth-order valence-electron chi connectivity index (χ4n) is 2.33. The SMILES string of the molecule is CCOC(=O)CCC(=O)Nc1ccccc1C(=O)NCc1ccccc1. The van der Waals surface area contributed by atoms with E-state index in [-0.39, 0.29) is 31.3 Å². The van der Waals surface area contributed by atoms with Gasteiger partial charge in [-0.25, -0.2) is 0 Å². The van der Waals surface area contributed by atoms with Crippen molar-refractivity contribution in [3.8, 4) is 0 Å². The van der Waals surface area contributed by atoms with Gasteiger partial charge in [-0.2, -0.15) is 0 Å². The average Bonchev–Trinajstić information content (AvgIpc) is 2.66. The summed E-state index contributed by atoms with van der Waals surface area (Å²) in [7, 11) is 0. The molecule has 26 heavy (non-hydrogen) atoms. The summed E-state index contributed by atoms with van der Waals surface area (Å²) in [6.07, 6.45) is 0.000839. The van der Waals surface area contributed by atoms with E-state index in [9.17, 15) is 14.4 Å². The number of nitrogens with one attached hydrogen (secondary N) is 2. The van der Waals surface area contributed by atoms with E-state index in [4.69, 9.17) is 4.74 Å². The molecule has 0 bridgehead atoms. The highest BCUT2D eigenvalue weighted by Gasteiger charge is 2.14. The molecule has 6 nitrogen and oxygen atoms in total. The topological polar surface area (TPSA) is 84.5 Å². The molecule has 2 aromatic rings. The molecule has 0 atom stereocenters. The van der Waals surface area contributed by atoms with Gasteiger partial charge in [-0.05, 0) is 24.6 Å². The number of hydrogen-bond donors (Lipinski definition) is 2. The summed E-state index contributed by atoms with van der Waals surface area (Å²) in [5.41, 5.74) is 1.76. The van der Waals surface area contributed by atoms with Crippen LogP contribution in [0.25, 0.3) is 0 Å². The van der Waals surface area contributed by atoms with E-state index >= 15 is 0 Å². The molecule has 0 saturated carbocycles. The lowest BCUT2D eigenvalue weighted by Crippen LogP contribution is -2.25.